The number of ether oxygens (including phenoxy) is 3. The Morgan fingerprint density at radius 2 is 2.11 bits per heavy atom. The van der Waals surface area contributed by atoms with Gasteiger partial charge in [-0.1, -0.05) is 0 Å². The van der Waals surface area contributed by atoms with Gasteiger partial charge in [-0.3, -0.25) is 0 Å². The quantitative estimate of drug-likeness (QED) is 0.890. The smallest absolute Gasteiger partial charge is 0.127 e. The third kappa shape index (κ3) is 2.42. The average molecular weight is 263 g/mol. The second-order valence-corrected chi connectivity index (χ2v) is 5.46. The third-order valence-electron chi connectivity index (χ3n) is 4.06. The van der Waals surface area contributed by atoms with Crippen LogP contribution in [-0.2, 0) is 4.74 Å². The molecule has 2 aliphatic heterocycles. The van der Waals surface area contributed by atoms with Crippen LogP contribution in [0, 0.1) is 0 Å². The highest BCUT2D eigenvalue weighted by Crippen LogP contribution is 2.39. The lowest BCUT2D eigenvalue weighted by atomic mass is 9.93. The Balaban J connectivity index is 1.80. The minimum Gasteiger partial charge on any atom is -0.497 e. The Labute approximate surface area is 113 Å². The molecule has 1 fully saturated rings. The van der Waals surface area contributed by atoms with Crippen LogP contribution in [0.5, 0.6) is 11.5 Å². The Morgan fingerprint density at radius 1 is 1.26 bits per heavy atom. The van der Waals surface area contributed by atoms with Gasteiger partial charge in [0, 0.05) is 18.0 Å². The molecule has 0 saturated carbocycles. The summed E-state index contributed by atoms with van der Waals surface area (Å²) in [5, 5.41) is 0. The van der Waals surface area contributed by atoms with E-state index in [2.05, 4.69) is 6.92 Å². The van der Waals surface area contributed by atoms with E-state index in [4.69, 9.17) is 19.9 Å². The van der Waals surface area contributed by atoms with E-state index < -0.39 is 0 Å². The predicted molar refractivity (Wildman–Crippen MR) is 72.5 cm³/mol. The monoisotopic (exact) mass is 263 g/mol. The van der Waals surface area contributed by atoms with Crippen LogP contribution in [-0.4, -0.2) is 25.4 Å². The lowest BCUT2D eigenvalue weighted by Gasteiger charge is -2.33. The van der Waals surface area contributed by atoms with E-state index in [0.717, 1.165) is 36.3 Å². The van der Waals surface area contributed by atoms with E-state index in [1.54, 1.807) is 7.11 Å². The van der Waals surface area contributed by atoms with Gasteiger partial charge >= 0.3 is 0 Å². The van der Waals surface area contributed by atoms with Crippen molar-refractivity contribution < 1.29 is 14.2 Å². The van der Waals surface area contributed by atoms with Crippen molar-refractivity contribution in [1.29, 1.82) is 0 Å². The molecular formula is C15H21NO3. The molecule has 19 heavy (non-hydrogen) atoms. The Morgan fingerprint density at radius 3 is 2.79 bits per heavy atom. The number of benzene rings is 1. The van der Waals surface area contributed by atoms with Crippen LogP contribution in [0.25, 0.3) is 0 Å². The lowest BCUT2D eigenvalue weighted by molar-refractivity contribution is -0.0281. The maximum atomic E-state index is 6.27. The Kier molecular flexibility index (Phi) is 3.37. The van der Waals surface area contributed by atoms with Gasteiger partial charge in [0.05, 0.1) is 19.3 Å². The fourth-order valence-corrected chi connectivity index (χ4v) is 2.97. The summed E-state index contributed by atoms with van der Waals surface area (Å²) in [5.41, 5.74) is 7.30. The maximum Gasteiger partial charge on any atom is 0.127 e. The van der Waals surface area contributed by atoms with E-state index in [1.807, 2.05) is 18.2 Å². The van der Waals surface area contributed by atoms with Crippen LogP contribution in [0.4, 0.5) is 0 Å². The minimum absolute atomic E-state index is 0.0108. The van der Waals surface area contributed by atoms with Crippen LogP contribution in [0.2, 0.25) is 0 Å². The molecule has 0 aromatic heterocycles. The molecule has 1 aromatic carbocycles. The SMILES string of the molecule is COc1ccc2c(c1)[C@@H](N)CC(C1CCC(C)O1)O2. The zero-order chi connectivity index (χ0) is 13.4. The molecule has 104 valence electrons. The van der Waals surface area contributed by atoms with Crippen molar-refractivity contribution in [3.8, 4) is 11.5 Å². The van der Waals surface area contributed by atoms with Crippen LogP contribution in [0.1, 0.15) is 37.8 Å². The van der Waals surface area contributed by atoms with Crippen molar-refractivity contribution in [3.63, 3.8) is 0 Å². The molecule has 0 radical (unpaired) electrons. The van der Waals surface area contributed by atoms with E-state index in [9.17, 15) is 0 Å². The number of fused-ring (bicyclic) bond motifs is 1. The molecule has 2 N–H and O–H groups in total. The van der Waals surface area contributed by atoms with Gasteiger partial charge in [-0.15, -0.1) is 0 Å². The topological polar surface area (TPSA) is 53.7 Å². The zero-order valence-electron chi connectivity index (χ0n) is 11.5. The van der Waals surface area contributed by atoms with Crippen molar-refractivity contribution in [3.05, 3.63) is 23.8 Å². The van der Waals surface area contributed by atoms with Gasteiger partial charge in [0.2, 0.25) is 0 Å². The standard InChI is InChI=1S/C15H21NO3/c1-9-3-5-14(18-9)15-8-12(16)11-7-10(17-2)4-6-13(11)19-15/h4,6-7,9,12,14-15H,3,5,8,16H2,1-2H3/t9?,12-,14?,15?/m0/s1. The van der Waals surface area contributed by atoms with Gasteiger partial charge < -0.3 is 19.9 Å². The minimum atomic E-state index is -0.0108. The first kappa shape index (κ1) is 12.8. The van der Waals surface area contributed by atoms with Gasteiger partial charge in [0.1, 0.15) is 17.6 Å². The normalized spacial score (nSPS) is 33.6. The van der Waals surface area contributed by atoms with E-state index in [0.29, 0.717) is 6.10 Å². The highest BCUT2D eigenvalue weighted by Gasteiger charge is 2.36. The molecule has 3 rings (SSSR count). The second kappa shape index (κ2) is 5.02. The first-order valence-electron chi connectivity index (χ1n) is 6.93. The molecule has 3 unspecified atom stereocenters. The fraction of sp³-hybridized carbons (Fsp3) is 0.600. The molecule has 2 heterocycles. The van der Waals surface area contributed by atoms with Gasteiger partial charge in [-0.25, -0.2) is 0 Å². The molecule has 0 aliphatic carbocycles. The van der Waals surface area contributed by atoms with E-state index in [1.165, 1.54) is 0 Å². The summed E-state index contributed by atoms with van der Waals surface area (Å²) in [6.45, 7) is 2.11. The zero-order valence-corrected chi connectivity index (χ0v) is 11.5. The molecule has 4 heteroatoms. The molecule has 0 amide bonds. The molecule has 0 spiro atoms. The second-order valence-electron chi connectivity index (χ2n) is 5.46. The maximum absolute atomic E-state index is 6.27. The first-order valence-corrected chi connectivity index (χ1v) is 6.93. The molecule has 2 aliphatic rings. The molecule has 0 bridgehead atoms. The summed E-state index contributed by atoms with van der Waals surface area (Å²) in [6, 6.07) is 5.81. The Hall–Kier alpha value is -1.26. The van der Waals surface area contributed by atoms with Crippen LogP contribution >= 0.6 is 0 Å². The number of hydrogen-bond donors (Lipinski definition) is 1. The van der Waals surface area contributed by atoms with Crippen molar-refractivity contribution in [2.24, 2.45) is 5.73 Å². The van der Waals surface area contributed by atoms with Crippen LogP contribution < -0.4 is 15.2 Å². The summed E-state index contributed by atoms with van der Waals surface area (Å²) in [5.74, 6) is 1.69. The summed E-state index contributed by atoms with van der Waals surface area (Å²) in [4.78, 5) is 0. The average Bonchev–Trinajstić information content (AvgIpc) is 2.85. The number of rotatable bonds is 2. The van der Waals surface area contributed by atoms with Gasteiger partial charge in [-0.05, 0) is 38.0 Å². The summed E-state index contributed by atoms with van der Waals surface area (Å²) in [7, 11) is 1.66. The highest BCUT2D eigenvalue weighted by atomic mass is 16.6. The largest absolute Gasteiger partial charge is 0.497 e. The summed E-state index contributed by atoms with van der Waals surface area (Å²) < 4.78 is 17.2. The van der Waals surface area contributed by atoms with Crippen LogP contribution in [0.15, 0.2) is 18.2 Å². The Bertz CT molecular complexity index is 463. The van der Waals surface area contributed by atoms with E-state index in [-0.39, 0.29) is 18.2 Å². The van der Waals surface area contributed by atoms with Gasteiger partial charge in [0.25, 0.3) is 0 Å². The van der Waals surface area contributed by atoms with E-state index >= 15 is 0 Å². The third-order valence-corrected chi connectivity index (χ3v) is 4.06. The van der Waals surface area contributed by atoms with Crippen molar-refractivity contribution in [2.75, 3.05) is 7.11 Å². The van der Waals surface area contributed by atoms with Gasteiger partial charge in [0.15, 0.2) is 0 Å². The highest BCUT2D eigenvalue weighted by molar-refractivity contribution is 5.43. The van der Waals surface area contributed by atoms with Crippen molar-refractivity contribution in [2.45, 2.75) is 50.5 Å². The molecule has 1 saturated heterocycles. The number of hydrogen-bond acceptors (Lipinski definition) is 4. The van der Waals surface area contributed by atoms with Crippen molar-refractivity contribution >= 4 is 0 Å². The number of methoxy groups -OCH3 is 1. The summed E-state index contributed by atoms with van der Waals surface area (Å²) >= 11 is 0. The van der Waals surface area contributed by atoms with Crippen molar-refractivity contribution in [1.82, 2.24) is 0 Å². The lowest BCUT2D eigenvalue weighted by Crippen LogP contribution is -2.38. The van der Waals surface area contributed by atoms with Crippen LogP contribution in [0.3, 0.4) is 0 Å². The molecular weight excluding hydrogens is 242 g/mol. The first-order chi connectivity index (χ1) is 9.17. The summed E-state index contributed by atoms with van der Waals surface area (Å²) in [6.07, 6.45) is 3.55. The predicted octanol–water partition coefficient (Wildman–Crippen LogP) is 2.41. The molecule has 1 aromatic rings. The fourth-order valence-electron chi connectivity index (χ4n) is 2.97. The molecule has 4 atom stereocenters. The van der Waals surface area contributed by atoms with Gasteiger partial charge in [-0.2, -0.15) is 0 Å². The number of nitrogens with two attached hydrogens (primary N) is 1. The molecule has 4 nitrogen and oxygen atoms in total.